The highest BCUT2D eigenvalue weighted by Gasteiger charge is 2.14. The van der Waals surface area contributed by atoms with Crippen molar-refractivity contribution in [3.05, 3.63) is 22.7 Å². The van der Waals surface area contributed by atoms with E-state index in [0.717, 1.165) is 0 Å². The van der Waals surface area contributed by atoms with Crippen LogP contribution in [0.2, 0.25) is 5.02 Å². The van der Waals surface area contributed by atoms with Crippen LogP contribution in [-0.4, -0.2) is 19.0 Å². The smallest absolute Gasteiger partial charge is 0.162 e. The molecule has 0 atom stereocenters. The fourth-order valence-corrected chi connectivity index (χ4v) is 1.60. The van der Waals surface area contributed by atoms with Crippen molar-refractivity contribution in [2.75, 3.05) is 7.11 Å². The van der Waals surface area contributed by atoms with E-state index >= 15 is 0 Å². The first-order valence-corrected chi connectivity index (χ1v) is 5.38. The number of carbonyl (C=O) groups is 1. The number of ketones is 1. The van der Waals surface area contributed by atoms with Crippen molar-refractivity contribution in [2.45, 2.75) is 26.9 Å². The van der Waals surface area contributed by atoms with E-state index in [2.05, 4.69) is 0 Å². The lowest BCUT2D eigenvalue weighted by Crippen LogP contribution is -2.08. The number of hydrogen-bond acceptors (Lipinski definition) is 3. The van der Waals surface area contributed by atoms with Gasteiger partial charge in [0, 0.05) is 11.6 Å². The van der Waals surface area contributed by atoms with Gasteiger partial charge in [0.2, 0.25) is 0 Å². The first-order valence-electron chi connectivity index (χ1n) is 5.00. The number of rotatable bonds is 4. The fourth-order valence-electron chi connectivity index (χ4n) is 1.31. The van der Waals surface area contributed by atoms with Gasteiger partial charge in [-0.15, -0.1) is 0 Å². The van der Waals surface area contributed by atoms with Crippen molar-refractivity contribution < 1.29 is 14.3 Å². The van der Waals surface area contributed by atoms with Gasteiger partial charge in [-0.05, 0) is 26.8 Å². The maximum atomic E-state index is 11.3. The third kappa shape index (κ3) is 2.89. The Kier molecular flexibility index (Phi) is 4.19. The van der Waals surface area contributed by atoms with Crippen LogP contribution >= 0.6 is 11.6 Å². The first-order chi connectivity index (χ1) is 7.45. The monoisotopic (exact) mass is 242 g/mol. The molecule has 3 nitrogen and oxygen atoms in total. The molecule has 16 heavy (non-hydrogen) atoms. The standard InChI is InChI=1S/C12H15ClO3/c1-7(2)16-12-5-9(8(3)14)10(13)6-11(12)15-4/h5-7H,1-4H3. The van der Waals surface area contributed by atoms with E-state index in [0.29, 0.717) is 22.1 Å². The van der Waals surface area contributed by atoms with Crippen LogP contribution in [-0.2, 0) is 0 Å². The number of benzene rings is 1. The van der Waals surface area contributed by atoms with Crippen LogP contribution in [0.15, 0.2) is 12.1 Å². The molecule has 0 aliphatic heterocycles. The molecule has 0 saturated heterocycles. The van der Waals surface area contributed by atoms with E-state index < -0.39 is 0 Å². The van der Waals surface area contributed by atoms with E-state index in [4.69, 9.17) is 21.1 Å². The molecule has 0 N–H and O–H groups in total. The Morgan fingerprint density at radius 2 is 1.94 bits per heavy atom. The lowest BCUT2D eigenvalue weighted by molar-refractivity contribution is 0.101. The summed E-state index contributed by atoms with van der Waals surface area (Å²) < 4.78 is 10.7. The molecule has 0 heterocycles. The number of Topliss-reactive ketones (excluding diaryl/α,β-unsaturated/α-hetero) is 1. The lowest BCUT2D eigenvalue weighted by Gasteiger charge is -2.15. The normalized spacial score (nSPS) is 10.4. The molecule has 1 aromatic carbocycles. The second-order valence-corrected chi connectivity index (χ2v) is 4.11. The molecular weight excluding hydrogens is 228 g/mol. The van der Waals surface area contributed by atoms with Crippen LogP contribution in [0.4, 0.5) is 0 Å². The Hall–Kier alpha value is -1.22. The Balaban J connectivity index is 3.23. The summed E-state index contributed by atoms with van der Waals surface area (Å²) in [7, 11) is 1.53. The van der Waals surface area contributed by atoms with Gasteiger partial charge in [0.05, 0.1) is 18.2 Å². The predicted octanol–water partition coefficient (Wildman–Crippen LogP) is 3.34. The third-order valence-electron chi connectivity index (χ3n) is 2.00. The summed E-state index contributed by atoms with van der Waals surface area (Å²) in [4.78, 5) is 11.3. The number of carbonyl (C=O) groups excluding carboxylic acids is 1. The van der Waals surface area contributed by atoms with Crippen LogP contribution in [0, 0.1) is 0 Å². The fraction of sp³-hybridized carbons (Fsp3) is 0.417. The van der Waals surface area contributed by atoms with Crippen molar-refractivity contribution in [2.24, 2.45) is 0 Å². The largest absolute Gasteiger partial charge is 0.493 e. The van der Waals surface area contributed by atoms with Crippen molar-refractivity contribution in [1.82, 2.24) is 0 Å². The number of methoxy groups -OCH3 is 1. The van der Waals surface area contributed by atoms with Gasteiger partial charge < -0.3 is 9.47 Å². The summed E-state index contributed by atoms with van der Waals surface area (Å²) in [6, 6.07) is 3.21. The topological polar surface area (TPSA) is 35.5 Å². The minimum absolute atomic E-state index is 0.00915. The van der Waals surface area contributed by atoms with Crippen molar-refractivity contribution in [1.29, 1.82) is 0 Å². The molecule has 0 radical (unpaired) electrons. The summed E-state index contributed by atoms with van der Waals surface area (Å²) in [5, 5.41) is 0.375. The van der Waals surface area contributed by atoms with Gasteiger partial charge in [-0.2, -0.15) is 0 Å². The highest BCUT2D eigenvalue weighted by Crippen LogP contribution is 2.34. The van der Waals surface area contributed by atoms with E-state index in [1.54, 1.807) is 12.1 Å². The molecule has 0 aliphatic carbocycles. The van der Waals surface area contributed by atoms with E-state index in [9.17, 15) is 4.79 Å². The van der Waals surface area contributed by atoms with Crippen molar-refractivity contribution >= 4 is 17.4 Å². The Morgan fingerprint density at radius 1 is 1.31 bits per heavy atom. The third-order valence-corrected chi connectivity index (χ3v) is 2.31. The van der Waals surface area contributed by atoms with Gasteiger partial charge in [-0.25, -0.2) is 0 Å². The molecule has 0 aliphatic rings. The van der Waals surface area contributed by atoms with Gasteiger partial charge in [-0.1, -0.05) is 11.6 Å². The second-order valence-electron chi connectivity index (χ2n) is 3.71. The van der Waals surface area contributed by atoms with Gasteiger partial charge in [0.15, 0.2) is 17.3 Å². The van der Waals surface area contributed by atoms with E-state index in [-0.39, 0.29) is 11.9 Å². The molecule has 1 rings (SSSR count). The summed E-state index contributed by atoms with van der Waals surface area (Å²) in [5.74, 6) is 0.969. The van der Waals surface area contributed by atoms with E-state index in [1.165, 1.54) is 14.0 Å². The summed E-state index contributed by atoms with van der Waals surface area (Å²) in [6.45, 7) is 5.27. The minimum atomic E-state index is -0.0961. The molecule has 0 fully saturated rings. The average molecular weight is 243 g/mol. The predicted molar refractivity (Wildman–Crippen MR) is 63.8 cm³/mol. The van der Waals surface area contributed by atoms with Gasteiger partial charge in [0.25, 0.3) is 0 Å². The number of hydrogen-bond donors (Lipinski definition) is 0. The molecule has 0 bridgehead atoms. The highest BCUT2D eigenvalue weighted by molar-refractivity contribution is 6.34. The quantitative estimate of drug-likeness (QED) is 0.760. The second kappa shape index (κ2) is 5.21. The Bertz CT molecular complexity index is 399. The molecule has 0 saturated carbocycles. The highest BCUT2D eigenvalue weighted by atomic mass is 35.5. The molecular formula is C12H15ClO3. The molecule has 1 aromatic rings. The van der Waals surface area contributed by atoms with Gasteiger partial charge >= 0.3 is 0 Å². The van der Waals surface area contributed by atoms with Crippen molar-refractivity contribution in [3.63, 3.8) is 0 Å². The van der Waals surface area contributed by atoms with Crippen LogP contribution in [0.3, 0.4) is 0 Å². The molecule has 4 heteroatoms. The zero-order chi connectivity index (χ0) is 12.3. The van der Waals surface area contributed by atoms with Gasteiger partial charge in [0.1, 0.15) is 0 Å². The SMILES string of the molecule is COc1cc(Cl)c(C(C)=O)cc1OC(C)C. The molecule has 88 valence electrons. The summed E-state index contributed by atoms with van der Waals surface area (Å²) in [6.07, 6.45) is 0.00915. The minimum Gasteiger partial charge on any atom is -0.493 e. The van der Waals surface area contributed by atoms with E-state index in [1.807, 2.05) is 13.8 Å². The number of halogens is 1. The number of ether oxygens (including phenoxy) is 2. The van der Waals surface area contributed by atoms with Crippen molar-refractivity contribution in [3.8, 4) is 11.5 Å². The maximum absolute atomic E-state index is 11.3. The zero-order valence-electron chi connectivity index (χ0n) is 9.83. The molecule has 0 unspecified atom stereocenters. The molecule has 0 spiro atoms. The van der Waals surface area contributed by atoms with Crippen LogP contribution in [0.5, 0.6) is 11.5 Å². The summed E-state index contributed by atoms with van der Waals surface area (Å²) >= 11 is 5.96. The lowest BCUT2D eigenvalue weighted by atomic mass is 10.1. The average Bonchev–Trinajstić information content (AvgIpc) is 2.18. The van der Waals surface area contributed by atoms with Crippen LogP contribution in [0.1, 0.15) is 31.1 Å². The zero-order valence-corrected chi connectivity index (χ0v) is 10.6. The Labute approximate surface area is 100 Å². The summed E-state index contributed by atoms with van der Waals surface area (Å²) in [5.41, 5.74) is 0.443. The van der Waals surface area contributed by atoms with Crippen LogP contribution < -0.4 is 9.47 Å². The maximum Gasteiger partial charge on any atom is 0.162 e. The Morgan fingerprint density at radius 3 is 2.38 bits per heavy atom. The first kappa shape index (κ1) is 12.8. The molecule has 0 aromatic heterocycles. The molecule has 0 amide bonds. The van der Waals surface area contributed by atoms with Crippen LogP contribution in [0.25, 0.3) is 0 Å². The van der Waals surface area contributed by atoms with Gasteiger partial charge in [-0.3, -0.25) is 4.79 Å².